The summed E-state index contributed by atoms with van der Waals surface area (Å²) < 4.78 is 92.0. The molecule has 0 bridgehead atoms. The summed E-state index contributed by atoms with van der Waals surface area (Å²) in [4.78, 5) is 4.59. The van der Waals surface area contributed by atoms with Gasteiger partial charge in [0.25, 0.3) is 10.0 Å². The van der Waals surface area contributed by atoms with Gasteiger partial charge in [0.2, 0.25) is 10.0 Å². The van der Waals surface area contributed by atoms with Gasteiger partial charge in [-0.05, 0) is 81.4 Å². The highest BCUT2D eigenvalue weighted by Crippen LogP contribution is 2.38. The Balaban J connectivity index is 1.58. The van der Waals surface area contributed by atoms with Crippen LogP contribution in [0.15, 0.2) is 88.9 Å². The molecule has 0 aliphatic heterocycles. The van der Waals surface area contributed by atoms with Gasteiger partial charge in [0, 0.05) is 46.2 Å². The Morgan fingerprint density at radius 2 is 1.56 bits per heavy atom. The van der Waals surface area contributed by atoms with Crippen LogP contribution in [-0.2, 0) is 26.6 Å². The molecule has 0 amide bonds. The minimum absolute atomic E-state index is 0.0664. The summed E-state index contributed by atoms with van der Waals surface area (Å²) in [6.45, 7) is 5.48. The average Bonchev–Trinajstić information content (AvgIpc) is 3.55. The van der Waals surface area contributed by atoms with E-state index in [-0.39, 0.29) is 27.7 Å². The van der Waals surface area contributed by atoms with E-state index < -0.39 is 31.7 Å². The number of hydrogen-bond acceptors (Lipinski definition) is 7. The maximum Gasteiger partial charge on any atom is 0.269 e. The SMILES string of the molecule is CNS(=O)(=O)c1cc(-c2cnc3c(c2)c(-c2c(C)nn(Cc4cc(F)cc(F)c4)c2C)cn3S(=O)(=O)c2ccc(C)cc2)ccc1OC. The highest BCUT2D eigenvalue weighted by atomic mass is 32.2. The Hall–Kier alpha value is -4.92. The molecule has 14 heteroatoms. The van der Waals surface area contributed by atoms with Gasteiger partial charge < -0.3 is 4.74 Å². The molecule has 0 spiro atoms. The van der Waals surface area contributed by atoms with Crippen LogP contribution in [0.3, 0.4) is 0 Å². The molecule has 3 aromatic heterocycles. The largest absolute Gasteiger partial charge is 0.495 e. The number of aromatic nitrogens is 4. The van der Waals surface area contributed by atoms with Crippen LogP contribution >= 0.6 is 0 Å². The van der Waals surface area contributed by atoms with Crippen molar-refractivity contribution in [3.63, 3.8) is 0 Å². The number of ether oxygens (including phenoxy) is 1. The van der Waals surface area contributed by atoms with Gasteiger partial charge in [-0.1, -0.05) is 23.8 Å². The number of rotatable bonds is 9. The second-order valence-corrected chi connectivity index (χ2v) is 15.0. The number of hydrogen-bond donors (Lipinski definition) is 1. The van der Waals surface area contributed by atoms with Gasteiger partial charge in [-0.15, -0.1) is 0 Å². The lowest BCUT2D eigenvalue weighted by Crippen LogP contribution is -2.19. The number of sulfonamides is 1. The van der Waals surface area contributed by atoms with Crippen LogP contribution in [0.4, 0.5) is 8.78 Å². The summed E-state index contributed by atoms with van der Waals surface area (Å²) in [7, 11) is -5.34. The summed E-state index contributed by atoms with van der Waals surface area (Å²) in [5, 5.41) is 5.10. The summed E-state index contributed by atoms with van der Waals surface area (Å²) in [5.41, 5.74) is 4.70. The topological polar surface area (TPSA) is 125 Å². The molecule has 10 nitrogen and oxygen atoms in total. The van der Waals surface area contributed by atoms with Gasteiger partial charge >= 0.3 is 0 Å². The molecule has 0 unspecified atom stereocenters. The van der Waals surface area contributed by atoms with Crippen LogP contribution in [0.1, 0.15) is 22.5 Å². The predicted molar refractivity (Wildman–Crippen MR) is 178 cm³/mol. The number of fused-ring (bicyclic) bond motifs is 1. The molecule has 3 heterocycles. The Kier molecular flexibility index (Phi) is 8.43. The van der Waals surface area contributed by atoms with Gasteiger partial charge in [0.05, 0.1) is 24.2 Å². The molecule has 48 heavy (non-hydrogen) atoms. The van der Waals surface area contributed by atoms with Crippen molar-refractivity contribution >= 4 is 31.1 Å². The number of pyridine rings is 1. The van der Waals surface area contributed by atoms with Crippen molar-refractivity contribution in [1.82, 2.24) is 23.5 Å². The standard InChI is InChI=1S/C34H31F2N5O5S2/c1-20-6-9-28(10-7-20)48(44,45)41-19-30(33-21(2)39-40(22(33)3)18-23-12-26(35)16-27(36)13-23)29-14-25(17-38-34(29)41)24-8-11-31(46-5)32(15-24)47(42,43)37-4/h6-17,19,37H,18H2,1-5H3. The van der Waals surface area contributed by atoms with E-state index in [1.54, 1.807) is 42.8 Å². The van der Waals surface area contributed by atoms with Crippen LogP contribution in [-0.4, -0.2) is 49.7 Å². The lowest BCUT2D eigenvalue weighted by Gasteiger charge is -2.11. The minimum Gasteiger partial charge on any atom is -0.495 e. The van der Waals surface area contributed by atoms with Crippen molar-refractivity contribution in [3.05, 3.63) is 113 Å². The van der Waals surface area contributed by atoms with E-state index in [9.17, 15) is 25.6 Å². The maximum absolute atomic E-state index is 14.0. The average molecular weight is 692 g/mol. The zero-order chi connectivity index (χ0) is 34.5. The third-order valence-corrected chi connectivity index (χ3v) is 11.3. The summed E-state index contributed by atoms with van der Waals surface area (Å²) in [6, 6.07) is 16.1. The Morgan fingerprint density at radius 1 is 0.875 bits per heavy atom. The third kappa shape index (κ3) is 5.86. The van der Waals surface area contributed by atoms with E-state index in [0.717, 1.165) is 15.6 Å². The van der Waals surface area contributed by atoms with Crippen molar-refractivity contribution in [2.24, 2.45) is 0 Å². The van der Waals surface area contributed by atoms with E-state index in [1.165, 1.54) is 62.9 Å². The molecule has 0 fully saturated rings. The van der Waals surface area contributed by atoms with Crippen molar-refractivity contribution < 1.29 is 30.4 Å². The fraction of sp³-hybridized carbons (Fsp3) is 0.176. The normalized spacial score (nSPS) is 12.1. The van der Waals surface area contributed by atoms with Crippen LogP contribution in [0.5, 0.6) is 5.75 Å². The lowest BCUT2D eigenvalue weighted by atomic mass is 10.0. The number of methoxy groups -OCH3 is 1. The third-order valence-electron chi connectivity index (χ3n) is 8.15. The van der Waals surface area contributed by atoms with E-state index in [0.29, 0.717) is 44.6 Å². The zero-order valence-corrected chi connectivity index (χ0v) is 28.2. The quantitative estimate of drug-likeness (QED) is 0.198. The number of nitrogens with zero attached hydrogens (tertiary/aromatic N) is 4. The van der Waals surface area contributed by atoms with Crippen LogP contribution in [0.25, 0.3) is 33.3 Å². The first-order valence-electron chi connectivity index (χ1n) is 14.7. The van der Waals surface area contributed by atoms with Gasteiger partial charge in [0.15, 0.2) is 5.65 Å². The molecular formula is C34H31F2N5O5S2. The Morgan fingerprint density at radius 3 is 2.21 bits per heavy atom. The molecule has 6 rings (SSSR count). The van der Waals surface area contributed by atoms with Gasteiger partial charge in [-0.25, -0.2) is 39.3 Å². The number of benzene rings is 3. The first kappa shape index (κ1) is 33.0. The van der Waals surface area contributed by atoms with E-state index in [2.05, 4.69) is 14.8 Å². The molecule has 0 radical (unpaired) electrons. The smallest absolute Gasteiger partial charge is 0.269 e. The van der Waals surface area contributed by atoms with Gasteiger partial charge in [-0.2, -0.15) is 5.10 Å². The molecule has 0 atom stereocenters. The molecule has 3 aromatic carbocycles. The fourth-order valence-corrected chi connectivity index (χ4v) is 7.98. The highest BCUT2D eigenvalue weighted by Gasteiger charge is 2.27. The molecular weight excluding hydrogens is 661 g/mol. The van der Waals surface area contributed by atoms with E-state index in [4.69, 9.17) is 4.74 Å². The number of nitrogens with one attached hydrogen (secondary N) is 1. The van der Waals surface area contributed by atoms with Crippen molar-refractivity contribution in [2.75, 3.05) is 14.2 Å². The first-order valence-corrected chi connectivity index (χ1v) is 17.6. The van der Waals surface area contributed by atoms with Crippen LogP contribution in [0.2, 0.25) is 0 Å². The van der Waals surface area contributed by atoms with Gasteiger partial charge in [-0.3, -0.25) is 4.68 Å². The van der Waals surface area contributed by atoms with Crippen molar-refractivity contribution in [2.45, 2.75) is 37.1 Å². The fourth-order valence-electron chi connectivity index (χ4n) is 5.74. The molecule has 1 N–H and O–H groups in total. The summed E-state index contributed by atoms with van der Waals surface area (Å²) in [6.07, 6.45) is 2.97. The number of aryl methyl sites for hydroxylation is 2. The second kappa shape index (κ2) is 12.3. The molecule has 0 saturated carbocycles. The van der Waals surface area contributed by atoms with E-state index >= 15 is 0 Å². The molecule has 0 saturated heterocycles. The molecule has 6 aromatic rings. The highest BCUT2D eigenvalue weighted by molar-refractivity contribution is 7.90. The van der Waals surface area contributed by atoms with Crippen molar-refractivity contribution in [1.29, 1.82) is 0 Å². The maximum atomic E-state index is 14.0. The monoisotopic (exact) mass is 691 g/mol. The Labute approximate surface area is 276 Å². The molecule has 248 valence electrons. The van der Waals surface area contributed by atoms with Gasteiger partial charge in [0.1, 0.15) is 22.3 Å². The molecule has 0 aliphatic carbocycles. The minimum atomic E-state index is -4.12. The zero-order valence-electron chi connectivity index (χ0n) is 26.6. The van der Waals surface area contributed by atoms with Crippen LogP contribution < -0.4 is 9.46 Å². The predicted octanol–water partition coefficient (Wildman–Crippen LogP) is 5.97. The second-order valence-electron chi connectivity index (χ2n) is 11.3. The first-order chi connectivity index (χ1) is 22.7. The molecule has 0 aliphatic rings. The lowest BCUT2D eigenvalue weighted by molar-refractivity contribution is 0.402. The Bertz CT molecular complexity index is 2420. The van der Waals surface area contributed by atoms with Crippen molar-refractivity contribution in [3.8, 4) is 28.0 Å². The summed E-state index contributed by atoms with van der Waals surface area (Å²) >= 11 is 0. The van der Waals surface area contributed by atoms with Crippen LogP contribution in [0, 0.1) is 32.4 Å². The number of halogens is 2. The summed E-state index contributed by atoms with van der Waals surface area (Å²) in [5.74, 6) is -1.27. The van der Waals surface area contributed by atoms with E-state index in [1.807, 2.05) is 6.92 Å².